The molecule has 0 bridgehead atoms. The molecule has 1 N–H and O–H groups in total. The van der Waals surface area contributed by atoms with Crippen molar-refractivity contribution in [3.8, 4) is 0 Å². The van der Waals surface area contributed by atoms with Gasteiger partial charge in [0.05, 0.1) is 6.61 Å². The number of nitrogens with one attached hydrogen (secondary N) is 1. The van der Waals surface area contributed by atoms with Gasteiger partial charge in [-0.3, -0.25) is 14.0 Å². The number of nitrogens with zero attached hydrogens (tertiary/aromatic N) is 3. The Morgan fingerprint density at radius 3 is 2.80 bits per heavy atom. The van der Waals surface area contributed by atoms with Crippen LogP contribution in [0, 0.1) is 0 Å². The molecule has 7 nitrogen and oxygen atoms in total. The average Bonchev–Trinajstić information content (AvgIpc) is 2.87. The van der Waals surface area contributed by atoms with Crippen molar-refractivity contribution in [2.75, 3.05) is 19.0 Å². The molecule has 0 aromatic carbocycles. The topological polar surface area (TPSA) is 77.6 Å². The van der Waals surface area contributed by atoms with Crippen LogP contribution < -0.4 is 10.9 Å². The van der Waals surface area contributed by atoms with Crippen LogP contribution in [0.4, 0.5) is 5.95 Å². The van der Waals surface area contributed by atoms with Crippen molar-refractivity contribution in [2.24, 2.45) is 0 Å². The standard InChI is InChI=1S/C13H18N4O3/c1-4-9-6-10-12(19)17(8-11(18)20-5-2)15-13(14-3)16(10)7-9/h6-7H,4-5,8H2,1-3H3,(H,14,15). The highest BCUT2D eigenvalue weighted by molar-refractivity contribution is 5.69. The van der Waals surface area contributed by atoms with Gasteiger partial charge in [0, 0.05) is 13.2 Å². The number of aromatic nitrogens is 3. The second-order valence-electron chi connectivity index (χ2n) is 4.30. The predicted molar refractivity (Wildman–Crippen MR) is 75.0 cm³/mol. The molecule has 0 aliphatic rings. The molecule has 2 aromatic rings. The molecule has 0 atom stereocenters. The van der Waals surface area contributed by atoms with E-state index in [4.69, 9.17) is 4.74 Å². The van der Waals surface area contributed by atoms with E-state index in [1.165, 1.54) is 0 Å². The minimum Gasteiger partial charge on any atom is -0.465 e. The second-order valence-corrected chi connectivity index (χ2v) is 4.30. The number of anilines is 1. The van der Waals surface area contributed by atoms with E-state index >= 15 is 0 Å². The average molecular weight is 278 g/mol. The van der Waals surface area contributed by atoms with Gasteiger partial charge in [-0.25, -0.2) is 4.68 Å². The zero-order valence-corrected chi connectivity index (χ0v) is 11.8. The SMILES string of the molecule is CCOC(=O)Cn1nc(NC)n2cc(CC)cc2c1=O. The Labute approximate surface area is 116 Å². The van der Waals surface area contributed by atoms with Crippen LogP contribution in [-0.2, 0) is 22.5 Å². The third-order valence-corrected chi connectivity index (χ3v) is 2.99. The third-order valence-electron chi connectivity index (χ3n) is 2.99. The van der Waals surface area contributed by atoms with E-state index in [2.05, 4.69) is 10.4 Å². The zero-order valence-electron chi connectivity index (χ0n) is 11.8. The van der Waals surface area contributed by atoms with Crippen molar-refractivity contribution < 1.29 is 9.53 Å². The number of aryl methyl sites for hydroxylation is 1. The number of rotatable bonds is 5. The Bertz CT molecular complexity index is 687. The first-order valence-corrected chi connectivity index (χ1v) is 6.56. The second kappa shape index (κ2) is 5.77. The molecule has 7 heteroatoms. The molecule has 0 saturated heterocycles. The summed E-state index contributed by atoms with van der Waals surface area (Å²) in [6, 6.07) is 1.81. The van der Waals surface area contributed by atoms with Crippen LogP contribution >= 0.6 is 0 Å². The molecular formula is C13H18N4O3. The van der Waals surface area contributed by atoms with E-state index in [1.54, 1.807) is 18.4 Å². The van der Waals surface area contributed by atoms with Crippen LogP contribution in [0.5, 0.6) is 0 Å². The Balaban J connectivity index is 2.53. The van der Waals surface area contributed by atoms with E-state index in [0.717, 1.165) is 16.7 Å². The van der Waals surface area contributed by atoms with Gasteiger partial charge in [-0.1, -0.05) is 6.92 Å². The zero-order chi connectivity index (χ0) is 14.7. The molecule has 0 aliphatic carbocycles. The number of fused-ring (bicyclic) bond motifs is 1. The van der Waals surface area contributed by atoms with Crippen molar-refractivity contribution in [2.45, 2.75) is 26.8 Å². The molecule has 0 unspecified atom stereocenters. The van der Waals surface area contributed by atoms with E-state index in [0.29, 0.717) is 11.5 Å². The molecule has 2 aromatic heterocycles. The van der Waals surface area contributed by atoms with Crippen LogP contribution in [0.2, 0.25) is 0 Å². The lowest BCUT2D eigenvalue weighted by Gasteiger charge is -2.09. The van der Waals surface area contributed by atoms with Gasteiger partial charge < -0.3 is 10.1 Å². The molecule has 2 heterocycles. The third kappa shape index (κ3) is 2.52. The molecular weight excluding hydrogens is 260 g/mol. The summed E-state index contributed by atoms with van der Waals surface area (Å²) < 4.78 is 7.67. The molecule has 0 amide bonds. The molecule has 0 fully saturated rings. The summed E-state index contributed by atoms with van der Waals surface area (Å²) >= 11 is 0. The van der Waals surface area contributed by atoms with E-state index in [9.17, 15) is 9.59 Å². The Hall–Kier alpha value is -2.31. The Kier molecular flexibility index (Phi) is 4.07. The Morgan fingerprint density at radius 2 is 2.20 bits per heavy atom. The quantitative estimate of drug-likeness (QED) is 0.813. The van der Waals surface area contributed by atoms with Crippen LogP contribution in [0.15, 0.2) is 17.1 Å². The largest absolute Gasteiger partial charge is 0.465 e. The Morgan fingerprint density at radius 1 is 1.45 bits per heavy atom. The first-order valence-electron chi connectivity index (χ1n) is 6.56. The molecule has 0 saturated carbocycles. The smallest absolute Gasteiger partial charge is 0.327 e. The van der Waals surface area contributed by atoms with Crippen molar-refractivity contribution >= 4 is 17.4 Å². The minimum atomic E-state index is -0.476. The first kappa shape index (κ1) is 14.1. The van der Waals surface area contributed by atoms with Gasteiger partial charge in [0.15, 0.2) is 0 Å². The van der Waals surface area contributed by atoms with E-state index < -0.39 is 5.97 Å². The van der Waals surface area contributed by atoms with Gasteiger partial charge in [0.1, 0.15) is 12.1 Å². The fourth-order valence-corrected chi connectivity index (χ4v) is 2.00. The summed E-state index contributed by atoms with van der Waals surface area (Å²) in [6.07, 6.45) is 2.69. The number of hydrogen-bond donors (Lipinski definition) is 1. The molecule has 0 spiro atoms. The summed E-state index contributed by atoms with van der Waals surface area (Å²) in [5.41, 5.74) is 1.22. The fraction of sp³-hybridized carbons (Fsp3) is 0.462. The lowest BCUT2D eigenvalue weighted by Crippen LogP contribution is -2.30. The molecule has 108 valence electrons. The number of hydrogen-bond acceptors (Lipinski definition) is 5. The summed E-state index contributed by atoms with van der Waals surface area (Å²) in [5.74, 6) is 0.0272. The van der Waals surface area contributed by atoms with Crippen LogP contribution in [0.3, 0.4) is 0 Å². The van der Waals surface area contributed by atoms with Gasteiger partial charge in [0.25, 0.3) is 5.56 Å². The number of ether oxygens (including phenoxy) is 1. The normalized spacial score (nSPS) is 10.8. The van der Waals surface area contributed by atoms with Crippen molar-refractivity contribution in [3.63, 3.8) is 0 Å². The van der Waals surface area contributed by atoms with Crippen molar-refractivity contribution in [1.29, 1.82) is 0 Å². The highest BCUT2D eigenvalue weighted by atomic mass is 16.5. The van der Waals surface area contributed by atoms with Gasteiger partial charge in [0.2, 0.25) is 5.95 Å². The maximum absolute atomic E-state index is 12.3. The highest BCUT2D eigenvalue weighted by Gasteiger charge is 2.13. The monoisotopic (exact) mass is 278 g/mol. The van der Waals surface area contributed by atoms with Gasteiger partial charge in [-0.2, -0.15) is 0 Å². The lowest BCUT2D eigenvalue weighted by atomic mass is 10.3. The minimum absolute atomic E-state index is 0.190. The van der Waals surface area contributed by atoms with Crippen LogP contribution in [-0.4, -0.2) is 33.8 Å². The molecule has 20 heavy (non-hydrogen) atoms. The number of carbonyl (C=O) groups is 1. The van der Waals surface area contributed by atoms with Gasteiger partial charge >= 0.3 is 5.97 Å². The highest BCUT2D eigenvalue weighted by Crippen LogP contribution is 2.11. The maximum Gasteiger partial charge on any atom is 0.327 e. The number of carbonyl (C=O) groups excluding carboxylic acids is 1. The van der Waals surface area contributed by atoms with E-state index in [-0.39, 0.29) is 18.7 Å². The van der Waals surface area contributed by atoms with Crippen LogP contribution in [0.1, 0.15) is 19.4 Å². The summed E-state index contributed by atoms with van der Waals surface area (Å²) in [7, 11) is 1.71. The molecule has 2 rings (SSSR count). The van der Waals surface area contributed by atoms with Crippen LogP contribution in [0.25, 0.3) is 5.52 Å². The summed E-state index contributed by atoms with van der Waals surface area (Å²) in [5, 5.41) is 7.06. The summed E-state index contributed by atoms with van der Waals surface area (Å²) in [6.45, 7) is 3.82. The van der Waals surface area contributed by atoms with E-state index in [1.807, 2.05) is 19.2 Å². The van der Waals surface area contributed by atoms with Gasteiger partial charge in [-0.05, 0) is 25.0 Å². The summed E-state index contributed by atoms with van der Waals surface area (Å²) in [4.78, 5) is 23.8. The molecule has 0 radical (unpaired) electrons. The van der Waals surface area contributed by atoms with Gasteiger partial charge in [-0.15, -0.1) is 5.10 Å². The first-order chi connectivity index (χ1) is 9.60. The van der Waals surface area contributed by atoms with Crippen molar-refractivity contribution in [1.82, 2.24) is 14.2 Å². The lowest BCUT2D eigenvalue weighted by molar-refractivity contribution is -0.144. The fourth-order valence-electron chi connectivity index (χ4n) is 2.00. The number of esters is 1. The van der Waals surface area contributed by atoms with Crippen molar-refractivity contribution in [3.05, 3.63) is 28.2 Å². The predicted octanol–water partition coefficient (Wildman–Crippen LogP) is 0.663. The molecule has 0 aliphatic heterocycles. The maximum atomic E-state index is 12.3.